The molecule has 2 N–H and O–H groups in total. The lowest BCUT2D eigenvalue weighted by atomic mass is 9.95. The molecule has 1 aromatic rings. The first-order valence-corrected chi connectivity index (χ1v) is 7.14. The molecule has 1 heterocycles. The summed E-state index contributed by atoms with van der Waals surface area (Å²) in [6.07, 6.45) is 6.31. The normalized spacial score (nSPS) is 26.6. The van der Waals surface area contributed by atoms with Crippen molar-refractivity contribution in [3.05, 3.63) is 22.4 Å². The zero-order valence-electron chi connectivity index (χ0n) is 9.69. The molecule has 0 bridgehead atoms. The molecule has 90 valence electrons. The van der Waals surface area contributed by atoms with Crippen molar-refractivity contribution in [2.45, 2.75) is 44.7 Å². The summed E-state index contributed by atoms with van der Waals surface area (Å²) in [6.45, 7) is 1.29. The van der Waals surface area contributed by atoms with Gasteiger partial charge in [-0.15, -0.1) is 11.3 Å². The van der Waals surface area contributed by atoms with Crippen molar-refractivity contribution in [2.24, 2.45) is 5.92 Å². The highest BCUT2D eigenvalue weighted by Crippen LogP contribution is 2.23. The van der Waals surface area contributed by atoms with E-state index in [1.165, 1.54) is 37.0 Å². The molecule has 0 aromatic carbocycles. The Morgan fingerprint density at radius 3 is 2.94 bits per heavy atom. The summed E-state index contributed by atoms with van der Waals surface area (Å²) in [5.74, 6) is 0.461. The number of aliphatic hydroxyl groups is 1. The van der Waals surface area contributed by atoms with Crippen molar-refractivity contribution >= 4 is 11.3 Å². The van der Waals surface area contributed by atoms with E-state index in [1.807, 2.05) is 0 Å². The molecule has 0 aliphatic heterocycles. The predicted octanol–water partition coefficient (Wildman–Crippen LogP) is 2.78. The maximum Gasteiger partial charge on any atom is 0.0474 e. The largest absolute Gasteiger partial charge is 0.396 e. The number of hydrogen-bond donors (Lipinski definition) is 2. The Hall–Kier alpha value is -0.380. The standard InChI is InChI=1S/C13H21NOS/c15-10-11-5-2-1-3-7-13(11)14-9-12-6-4-8-16-12/h4,6,8,11,13-15H,1-3,5,7,9-10H2. The second-order valence-corrected chi connectivity index (χ2v) is 5.68. The third kappa shape index (κ3) is 3.30. The summed E-state index contributed by atoms with van der Waals surface area (Å²) in [5.41, 5.74) is 0. The number of hydrogen-bond acceptors (Lipinski definition) is 3. The van der Waals surface area contributed by atoms with E-state index in [-0.39, 0.29) is 0 Å². The Labute approximate surface area is 102 Å². The van der Waals surface area contributed by atoms with E-state index in [1.54, 1.807) is 11.3 Å². The smallest absolute Gasteiger partial charge is 0.0474 e. The molecular formula is C13H21NOS. The van der Waals surface area contributed by atoms with Crippen LogP contribution in [-0.4, -0.2) is 17.8 Å². The predicted molar refractivity (Wildman–Crippen MR) is 68.6 cm³/mol. The lowest BCUT2D eigenvalue weighted by molar-refractivity contribution is 0.181. The molecule has 16 heavy (non-hydrogen) atoms. The van der Waals surface area contributed by atoms with Crippen molar-refractivity contribution in [1.29, 1.82) is 0 Å². The molecule has 0 amide bonds. The molecule has 2 unspecified atom stereocenters. The zero-order valence-corrected chi connectivity index (χ0v) is 10.5. The minimum absolute atomic E-state index is 0.335. The van der Waals surface area contributed by atoms with Gasteiger partial charge in [-0.1, -0.05) is 25.3 Å². The first kappa shape index (κ1) is 12.1. The molecule has 1 aliphatic carbocycles. The summed E-state index contributed by atoms with van der Waals surface area (Å²) < 4.78 is 0. The zero-order chi connectivity index (χ0) is 11.2. The van der Waals surface area contributed by atoms with E-state index < -0.39 is 0 Å². The second-order valence-electron chi connectivity index (χ2n) is 4.65. The number of nitrogens with one attached hydrogen (secondary N) is 1. The summed E-state index contributed by atoms with van der Waals surface area (Å²) >= 11 is 1.80. The Balaban J connectivity index is 1.85. The van der Waals surface area contributed by atoms with Crippen LogP contribution < -0.4 is 5.32 Å². The number of rotatable bonds is 4. The van der Waals surface area contributed by atoms with Gasteiger partial charge in [0.05, 0.1) is 0 Å². The van der Waals surface area contributed by atoms with Crippen LogP contribution in [0.4, 0.5) is 0 Å². The van der Waals surface area contributed by atoms with E-state index in [4.69, 9.17) is 0 Å². The van der Waals surface area contributed by atoms with Crippen molar-refractivity contribution in [3.8, 4) is 0 Å². The molecule has 2 rings (SSSR count). The highest BCUT2D eigenvalue weighted by Gasteiger charge is 2.22. The first-order chi connectivity index (χ1) is 7.90. The lowest BCUT2D eigenvalue weighted by Crippen LogP contribution is -2.36. The average molecular weight is 239 g/mol. The maximum absolute atomic E-state index is 9.41. The van der Waals surface area contributed by atoms with Crippen LogP contribution in [0.3, 0.4) is 0 Å². The van der Waals surface area contributed by atoms with Gasteiger partial charge in [-0.2, -0.15) is 0 Å². The summed E-state index contributed by atoms with van der Waals surface area (Å²) in [7, 11) is 0. The quantitative estimate of drug-likeness (QED) is 0.792. The third-order valence-corrected chi connectivity index (χ3v) is 4.39. The molecule has 0 radical (unpaired) electrons. The fourth-order valence-corrected chi connectivity index (χ4v) is 3.17. The van der Waals surface area contributed by atoms with Gasteiger partial charge in [0.2, 0.25) is 0 Å². The summed E-state index contributed by atoms with van der Waals surface area (Å²) in [5, 5.41) is 15.1. The number of aliphatic hydroxyl groups excluding tert-OH is 1. The Morgan fingerprint density at radius 1 is 1.31 bits per heavy atom. The fourth-order valence-electron chi connectivity index (χ4n) is 2.52. The molecule has 2 nitrogen and oxygen atoms in total. The van der Waals surface area contributed by atoms with E-state index >= 15 is 0 Å². The van der Waals surface area contributed by atoms with Gasteiger partial charge in [0, 0.05) is 24.1 Å². The Kier molecular flexibility index (Phi) is 4.82. The van der Waals surface area contributed by atoms with Crippen molar-refractivity contribution in [2.75, 3.05) is 6.61 Å². The van der Waals surface area contributed by atoms with E-state index in [9.17, 15) is 5.11 Å². The fraction of sp³-hybridized carbons (Fsp3) is 0.692. The van der Waals surface area contributed by atoms with Crippen LogP contribution in [0.15, 0.2) is 17.5 Å². The van der Waals surface area contributed by atoms with E-state index in [0.29, 0.717) is 18.6 Å². The summed E-state index contributed by atoms with van der Waals surface area (Å²) in [4.78, 5) is 1.39. The van der Waals surface area contributed by atoms with Gasteiger partial charge in [0.25, 0.3) is 0 Å². The van der Waals surface area contributed by atoms with Crippen molar-refractivity contribution < 1.29 is 5.11 Å². The lowest BCUT2D eigenvalue weighted by Gasteiger charge is -2.24. The van der Waals surface area contributed by atoms with Crippen molar-refractivity contribution in [1.82, 2.24) is 5.32 Å². The van der Waals surface area contributed by atoms with E-state index in [0.717, 1.165) is 6.54 Å². The minimum Gasteiger partial charge on any atom is -0.396 e. The van der Waals surface area contributed by atoms with Gasteiger partial charge in [0.1, 0.15) is 0 Å². The van der Waals surface area contributed by atoms with Crippen LogP contribution in [0.25, 0.3) is 0 Å². The highest BCUT2D eigenvalue weighted by atomic mass is 32.1. The third-order valence-electron chi connectivity index (χ3n) is 3.51. The molecule has 0 saturated heterocycles. The van der Waals surface area contributed by atoms with Crippen LogP contribution in [0.1, 0.15) is 37.0 Å². The van der Waals surface area contributed by atoms with Crippen LogP contribution in [-0.2, 0) is 6.54 Å². The number of thiophene rings is 1. The van der Waals surface area contributed by atoms with Gasteiger partial charge in [0.15, 0.2) is 0 Å². The molecule has 3 heteroatoms. The van der Waals surface area contributed by atoms with Gasteiger partial charge in [-0.05, 0) is 30.2 Å². The van der Waals surface area contributed by atoms with Gasteiger partial charge < -0.3 is 10.4 Å². The van der Waals surface area contributed by atoms with Crippen LogP contribution >= 0.6 is 11.3 Å². The van der Waals surface area contributed by atoms with Crippen LogP contribution in [0, 0.1) is 5.92 Å². The first-order valence-electron chi connectivity index (χ1n) is 6.27. The Morgan fingerprint density at radius 2 is 2.19 bits per heavy atom. The van der Waals surface area contributed by atoms with Crippen molar-refractivity contribution in [3.63, 3.8) is 0 Å². The van der Waals surface area contributed by atoms with Gasteiger partial charge in [-0.25, -0.2) is 0 Å². The summed E-state index contributed by atoms with van der Waals surface area (Å²) in [6, 6.07) is 4.77. The van der Waals surface area contributed by atoms with Gasteiger partial charge in [-0.3, -0.25) is 0 Å². The minimum atomic E-state index is 0.335. The highest BCUT2D eigenvalue weighted by molar-refractivity contribution is 7.09. The SMILES string of the molecule is OCC1CCCCCC1NCc1cccs1. The van der Waals surface area contributed by atoms with Crippen LogP contribution in [0.5, 0.6) is 0 Å². The molecular weight excluding hydrogens is 218 g/mol. The molecule has 0 spiro atoms. The van der Waals surface area contributed by atoms with Crippen LogP contribution in [0.2, 0.25) is 0 Å². The molecule has 1 fully saturated rings. The molecule has 1 aromatic heterocycles. The molecule has 1 aliphatic rings. The molecule has 2 atom stereocenters. The average Bonchev–Trinajstić information content (AvgIpc) is 2.71. The van der Waals surface area contributed by atoms with Gasteiger partial charge >= 0.3 is 0 Å². The molecule has 1 saturated carbocycles. The maximum atomic E-state index is 9.41. The topological polar surface area (TPSA) is 32.3 Å². The second kappa shape index (κ2) is 6.38. The van der Waals surface area contributed by atoms with E-state index in [2.05, 4.69) is 22.8 Å². The monoisotopic (exact) mass is 239 g/mol. The Bertz CT molecular complexity index is 286.